The van der Waals surface area contributed by atoms with Crippen LogP contribution in [-0.2, 0) is 16.1 Å². The first kappa shape index (κ1) is 27.1. The molecule has 3 aromatic rings. The molecule has 7 heteroatoms. The van der Waals surface area contributed by atoms with Crippen LogP contribution in [0.3, 0.4) is 0 Å². The van der Waals surface area contributed by atoms with Crippen molar-refractivity contribution < 1.29 is 14.6 Å². The number of benzene rings is 3. The van der Waals surface area contributed by atoms with Gasteiger partial charge in [-0.15, -0.1) is 12.6 Å². The van der Waals surface area contributed by atoms with Crippen molar-refractivity contribution in [3.8, 4) is 5.75 Å². The second-order valence-corrected chi connectivity index (χ2v) is 8.38. The number of aryl methyl sites for hydroxylation is 1. The highest BCUT2D eigenvalue weighted by Crippen LogP contribution is 2.38. The largest absolute Gasteiger partial charge is 0.506 e. The van der Waals surface area contributed by atoms with Gasteiger partial charge in [0.2, 0.25) is 0 Å². The van der Waals surface area contributed by atoms with E-state index in [-0.39, 0.29) is 24.1 Å². The Morgan fingerprint density at radius 2 is 1.79 bits per heavy atom. The van der Waals surface area contributed by atoms with Crippen LogP contribution in [0.15, 0.2) is 65.6 Å². The van der Waals surface area contributed by atoms with Gasteiger partial charge in [0.25, 0.3) is 0 Å². The molecule has 5 N–H and O–H groups in total. The molecule has 0 saturated heterocycles. The number of esters is 1. The van der Waals surface area contributed by atoms with Crippen molar-refractivity contribution in [2.24, 2.45) is 0 Å². The number of carbonyl (C=O) groups is 1. The quantitative estimate of drug-likeness (QED) is 0.133. The number of aromatic hydroxyl groups is 1. The highest BCUT2D eigenvalue weighted by atomic mass is 32.1. The summed E-state index contributed by atoms with van der Waals surface area (Å²) in [6, 6.07) is 19.4. The molecule has 0 aliphatic carbocycles. The first-order valence-electron chi connectivity index (χ1n) is 11.2. The maximum atomic E-state index is 12.2. The lowest BCUT2D eigenvalue weighted by molar-refractivity contribution is -0.143. The van der Waals surface area contributed by atoms with Gasteiger partial charge in [-0.3, -0.25) is 4.79 Å². The van der Waals surface area contributed by atoms with E-state index in [1.165, 1.54) is 5.56 Å². The highest BCUT2D eigenvalue weighted by Gasteiger charge is 2.22. The van der Waals surface area contributed by atoms with Crippen molar-refractivity contribution in [2.75, 3.05) is 31.8 Å². The third-order valence-electron chi connectivity index (χ3n) is 5.40. The Morgan fingerprint density at radius 1 is 1.09 bits per heavy atom. The molecule has 3 rings (SSSR count). The van der Waals surface area contributed by atoms with Crippen LogP contribution >= 0.6 is 12.6 Å². The second-order valence-electron chi connectivity index (χ2n) is 7.87. The molecule has 0 aliphatic heterocycles. The molecule has 1 unspecified atom stereocenters. The Kier molecular flexibility index (Phi) is 10.8. The summed E-state index contributed by atoms with van der Waals surface area (Å²) in [4.78, 5) is 13.2. The minimum atomic E-state index is -0.283. The number of phenolic OH excluding ortho intramolecular Hbond substituents is 1. The molecule has 0 amide bonds. The molecule has 0 saturated carbocycles. The van der Waals surface area contributed by atoms with Gasteiger partial charge in [0, 0.05) is 24.4 Å². The summed E-state index contributed by atoms with van der Waals surface area (Å²) in [6.07, 6.45) is 0.174. The summed E-state index contributed by atoms with van der Waals surface area (Å²) >= 11 is 4.08. The first-order valence-corrected chi connectivity index (χ1v) is 11.7. The van der Waals surface area contributed by atoms with Crippen LogP contribution < -0.4 is 16.4 Å². The average Bonchev–Trinajstić information content (AvgIpc) is 2.80. The maximum absolute atomic E-state index is 12.2. The lowest BCUT2D eigenvalue weighted by Gasteiger charge is -2.21. The molecule has 0 spiro atoms. The molecule has 0 aromatic heterocycles. The van der Waals surface area contributed by atoms with Gasteiger partial charge >= 0.3 is 5.97 Å². The molecular formula is C27H35N3O3S. The molecule has 0 radical (unpaired) electrons. The number of anilines is 2. The van der Waals surface area contributed by atoms with Gasteiger partial charge in [0.15, 0.2) is 0 Å². The minimum Gasteiger partial charge on any atom is -0.506 e. The molecular weight excluding hydrogens is 446 g/mol. The molecule has 0 bridgehead atoms. The maximum Gasteiger partial charge on any atom is 0.306 e. The van der Waals surface area contributed by atoms with Crippen LogP contribution in [-0.4, -0.2) is 31.8 Å². The zero-order valence-electron chi connectivity index (χ0n) is 20.3. The lowest BCUT2D eigenvalue weighted by Crippen LogP contribution is -2.13. The predicted molar refractivity (Wildman–Crippen MR) is 143 cm³/mol. The summed E-state index contributed by atoms with van der Waals surface area (Å²) in [5.41, 5.74) is 11.1. The second kappa shape index (κ2) is 13.5. The Morgan fingerprint density at radius 3 is 2.32 bits per heavy atom. The van der Waals surface area contributed by atoms with Crippen molar-refractivity contribution >= 4 is 30.0 Å². The molecule has 34 heavy (non-hydrogen) atoms. The third-order valence-corrected chi connectivity index (χ3v) is 5.70. The van der Waals surface area contributed by atoms with Gasteiger partial charge in [-0.1, -0.05) is 36.4 Å². The van der Waals surface area contributed by atoms with E-state index >= 15 is 0 Å². The predicted octanol–water partition coefficient (Wildman–Crippen LogP) is 5.10. The SMILES string of the molecule is CCOC(=O)CC(c1cc(N)c(NC)c(O)c1)c1ccc(C)c(CNC)c1.Sc1ccccc1. The summed E-state index contributed by atoms with van der Waals surface area (Å²) in [7, 11) is 3.60. The summed E-state index contributed by atoms with van der Waals surface area (Å²) in [5, 5.41) is 16.4. The average molecular weight is 482 g/mol. The number of rotatable bonds is 8. The van der Waals surface area contributed by atoms with E-state index in [2.05, 4.69) is 36.3 Å². The van der Waals surface area contributed by atoms with E-state index in [4.69, 9.17) is 10.5 Å². The van der Waals surface area contributed by atoms with E-state index in [0.717, 1.165) is 28.1 Å². The van der Waals surface area contributed by atoms with Crippen LogP contribution in [0.25, 0.3) is 0 Å². The number of ether oxygens (including phenoxy) is 1. The summed E-state index contributed by atoms with van der Waals surface area (Å²) in [6.45, 7) is 4.91. The Labute approximate surface area is 207 Å². The van der Waals surface area contributed by atoms with Crippen LogP contribution in [0.5, 0.6) is 5.75 Å². The summed E-state index contributed by atoms with van der Waals surface area (Å²) < 4.78 is 5.16. The minimum absolute atomic E-state index is 0.0592. The monoisotopic (exact) mass is 481 g/mol. The van der Waals surface area contributed by atoms with E-state index in [0.29, 0.717) is 18.0 Å². The zero-order valence-corrected chi connectivity index (χ0v) is 21.2. The number of hydrogen-bond donors (Lipinski definition) is 5. The molecule has 0 aliphatic rings. The van der Waals surface area contributed by atoms with Crippen molar-refractivity contribution in [1.29, 1.82) is 0 Å². The lowest BCUT2D eigenvalue weighted by atomic mass is 9.86. The van der Waals surface area contributed by atoms with Crippen molar-refractivity contribution in [2.45, 2.75) is 37.6 Å². The van der Waals surface area contributed by atoms with Gasteiger partial charge in [0.1, 0.15) is 5.75 Å². The molecule has 6 nitrogen and oxygen atoms in total. The Bertz CT molecular complexity index is 1050. The fourth-order valence-corrected chi connectivity index (χ4v) is 3.85. The number of nitrogens with two attached hydrogens (primary N) is 1. The number of nitrogens with one attached hydrogen (secondary N) is 2. The van der Waals surface area contributed by atoms with Gasteiger partial charge < -0.3 is 26.2 Å². The van der Waals surface area contributed by atoms with Crippen LogP contribution in [0.2, 0.25) is 0 Å². The molecule has 3 aromatic carbocycles. The van der Waals surface area contributed by atoms with Gasteiger partial charge in [-0.2, -0.15) is 0 Å². The van der Waals surface area contributed by atoms with Gasteiger partial charge in [-0.25, -0.2) is 0 Å². The van der Waals surface area contributed by atoms with Crippen molar-refractivity contribution in [3.63, 3.8) is 0 Å². The van der Waals surface area contributed by atoms with E-state index in [1.54, 1.807) is 26.1 Å². The molecule has 0 fully saturated rings. The zero-order chi connectivity index (χ0) is 25.1. The standard InChI is InChI=1S/C21H29N3O3.C6H6S/c1-5-27-20(26)11-17(14-7-6-13(2)16(8-14)12-23-3)15-9-18(22)21(24-4)19(25)10-15;7-6-4-2-1-3-5-6/h6-10,17,23-25H,5,11-12,22H2,1-4H3;1-5,7H. The van der Waals surface area contributed by atoms with E-state index < -0.39 is 0 Å². The normalized spacial score (nSPS) is 11.2. The van der Waals surface area contributed by atoms with Gasteiger partial charge in [-0.05, 0) is 67.4 Å². The topological polar surface area (TPSA) is 96.6 Å². The van der Waals surface area contributed by atoms with Crippen LogP contribution in [0.4, 0.5) is 11.4 Å². The number of hydrogen-bond acceptors (Lipinski definition) is 7. The van der Waals surface area contributed by atoms with Crippen LogP contribution in [0.1, 0.15) is 41.5 Å². The third kappa shape index (κ3) is 7.71. The smallest absolute Gasteiger partial charge is 0.306 e. The van der Waals surface area contributed by atoms with E-state index in [1.807, 2.05) is 49.5 Å². The molecule has 0 heterocycles. The highest BCUT2D eigenvalue weighted by molar-refractivity contribution is 7.80. The fraction of sp³-hybridized carbons (Fsp3) is 0.296. The first-order chi connectivity index (χ1) is 16.3. The number of carbonyl (C=O) groups excluding carboxylic acids is 1. The van der Waals surface area contributed by atoms with Crippen molar-refractivity contribution in [1.82, 2.24) is 5.32 Å². The van der Waals surface area contributed by atoms with E-state index in [9.17, 15) is 9.90 Å². The number of nitrogen functional groups attached to an aromatic ring is 1. The van der Waals surface area contributed by atoms with Crippen molar-refractivity contribution in [3.05, 3.63) is 82.9 Å². The fourth-order valence-electron chi connectivity index (χ4n) is 3.68. The van der Waals surface area contributed by atoms with Crippen LogP contribution in [0, 0.1) is 6.92 Å². The molecule has 1 atom stereocenters. The number of phenols is 1. The number of thiol groups is 1. The summed E-state index contributed by atoms with van der Waals surface area (Å²) in [5.74, 6) is -0.489. The Hall–Kier alpha value is -3.16. The Balaban J connectivity index is 0.000000497. The van der Waals surface area contributed by atoms with Gasteiger partial charge in [0.05, 0.1) is 24.4 Å². The molecule has 182 valence electrons.